The molecule has 1 amide bonds. The molecular weight excluding hydrogens is 231 g/mol. The number of benzene rings is 1. The minimum absolute atomic E-state index is 0.177. The van der Waals surface area contributed by atoms with Gasteiger partial charge in [0.2, 0.25) is 0 Å². The minimum atomic E-state index is -0.350. The van der Waals surface area contributed by atoms with E-state index in [0.29, 0.717) is 17.7 Å². The van der Waals surface area contributed by atoms with Crippen molar-refractivity contribution in [2.45, 2.75) is 32.2 Å². The van der Waals surface area contributed by atoms with Crippen molar-refractivity contribution in [3.8, 4) is 6.07 Å². The summed E-state index contributed by atoms with van der Waals surface area (Å²) in [4.78, 5) is 13.9. The fraction of sp³-hybridized carbons (Fsp3) is 0.429. The average Bonchev–Trinajstić information content (AvgIpc) is 2.41. The number of nitriles is 1. The SMILES string of the molecule is Cc1cc(C(=O)N2CCCCC2C#N)ccc1F. The molecule has 3 nitrogen and oxygen atoms in total. The molecule has 1 aromatic carbocycles. The Bertz CT molecular complexity index is 507. The first kappa shape index (κ1) is 12.6. The topological polar surface area (TPSA) is 44.1 Å². The zero-order chi connectivity index (χ0) is 13.1. The lowest BCUT2D eigenvalue weighted by Crippen LogP contribution is -2.42. The Morgan fingerprint density at radius 2 is 2.28 bits per heavy atom. The Hall–Kier alpha value is -1.89. The number of piperidine rings is 1. The number of carbonyl (C=O) groups excluding carboxylic acids is 1. The van der Waals surface area contributed by atoms with Crippen LogP contribution >= 0.6 is 0 Å². The normalized spacial score (nSPS) is 19.4. The van der Waals surface area contributed by atoms with Crippen LogP contribution in [-0.2, 0) is 0 Å². The van der Waals surface area contributed by atoms with E-state index in [1.54, 1.807) is 17.9 Å². The molecule has 1 aliphatic rings. The Kier molecular flexibility index (Phi) is 3.61. The molecule has 1 saturated heterocycles. The fourth-order valence-electron chi connectivity index (χ4n) is 2.25. The van der Waals surface area contributed by atoms with Crippen LogP contribution in [-0.4, -0.2) is 23.4 Å². The largest absolute Gasteiger partial charge is 0.323 e. The van der Waals surface area contributed by atoms with Crippen molar-refractivity contribution in [2.75, 3.05) is 6.54 Å². The highest BCUT2D eigenvalue weighted by Crippen LogP contribution is 2.20. The molecule has 94 valence electrons. The van der Waals surface area contributed by atoms with Gasteiger partial charge in [0.15, 0.2) is 0 Å². The summed E-state index contributed by atoms with van der Waals surface area (Å²) in [5.74, 6) is -0.494. The van der Waals surface area contributed by atoms with Crippen LogP contribution in [0.3, 0.4) is 0 Å². The van der Waals surface area contributed by atoms with Crippen molar-refractivity contribution in [3.05, 3.63) is 35.1 Å². The third-order valence-corrected chi connectivity index (χ3v) is 3.32. The molecule has 0 bridgehead atoms. The van der Waals surface area contributed by atoms with E-state index in [9.17, 15) is 9.18 Å². The van der Waals surface area contributed by atoms with Gasteiger partial charge in [0.25, 0.3) is 5.91 Å². The minimum Gasteiger partial charge on any atom is -0.323 e. The third kappa shape index (κ3) is 2.35. The monoisotopic (exact) mass is 246 g/mol. The number of rotatable bonds is 1. The van der Waals surface area contributed by atoms with E-state index in [4.69, 9.17) is 5.26 Å². The number of amides is 1. The number of nitrogens with zero attached hydrogens (tertiary/aromatic N) is 2. The lowest BCUT2D eigenvalue weighted by molar-refractivity contribution is 0.0670. The van der Waals surface area contributed by atoms with Crippen molar-refractivity contribution >= 4 is 5.91 Å². The lowest BCUT2D eigenvalue weighted by Gasteiger charge is -2.31. The molecule has 1 atom stereocenters. The summed E-state index contributed by atoms with van der Waals surface area (Å²) in [5.41, 5.74) is 0.905. The second-order valence-corrected chi connectivity index (χ2v) is 4.60. The van der Waals surface area contributed by atoms with Gasteiger partial charge in [-0.2, -0.15) is 5.26 Å². The van der Waals surface area contributed by atoms with Crippen molar-refractivity contribution in [1.82, 2.24) is 4.90 Å². The highest BCUT2D eigenvalue weighted by molar-refractivity contribution is 5.94. The molecule has 2 rings (SSSR count). The Morgan fingerprint density at radius 1 is 1.50 bits per heavy atom. The maximum atomic E-state index is 13.2. The first-order chi connectivity index (χ1) is 8.63. The first-order valence-electron chi connectivity index (χ1n) is 6.10. The quantitative estimate of drug-likeness (QED) is 0.764. The van der Waals surface area contributed by atoms with Gasteiger partial charge in [-0.1, -0.05) is 0 Å². The van der Waals surface area contributed by atoms with Gasteiger partial charge in [-0.15, -0.1) is 0 Å². The third-order valence-electron chi connectivity index (χ3n) is 3.32. The average molecular weight is 246 g/mol. The van der Waals surface area contributed by atoms with Crippen LogP contribution in [0.15, 0.2) is 18.2 Å². The maximum Gasteiger partial charge on any atom is 0.254 e. The molecule has 0 saturated carbocycles. The molecule has 0 radical (unpaired) electrons. The second kappa shape index (κ2) is 5.18. The summed E-state index contributed by atoms with van der Waals surface area (Å²) in [5, 5.41) is 9.05. The van der Waals surface area contributed by atoms with Gasteiger partial charge in [0, 0.05) is 12.1 Å². The smallest absolute Gasteiger partial charge is 0.254 e. The highest BCUT2D eigenvalue weighted by atomic mass is 19.1. The van der Waals surface area contributed by atoms with E-state index in [1.807, 2.05) is 0 Å². The number of hydrogen-bond acceptors (Lipinski definition) is 2. The number of likely N-dealkylation sites (tertiary alicyclic amines) is 1. The van der Waals surface area contributed by atoms with E-state index >= 15 is 0 Å². The molecule has 1 aromatic rings. The summed E-state index contributed by atoms with van der Waals surface area (Å²) in [6.45, 7) is 2.23. The predicted octanol–water partition coefficient (Wildman–Crippen LogP) is 2.65. The fourth-order valence-corrected chi connectivity index (χ4v) is 2.25. The predicted molar refractivity (Wildman–Crippen MR) is 65.4 cm³/mol. The molecule has 0 aromatic heterocycles. The van der Waals surface area contributed by atoms with E-state index in [0.717, 1.165) is 19.3 Å². The summed E-state index contributed by atoms with van der Waals surface area (Å²) < 4.78 is 13.2. The summed E-state index contributed by atoms with van der Waals surface area (Å²) in [7, 11) is 0. The van der Waals surface area contributed by atoms with Gasteiger partial charge >= 0.3 is 0 Å². The van der Waals surface area contributed by atoms with Gasteiger partial charge in [-0.25, -0.2) is 4.39 Å². The van der Waals surface area contributed by atoms with Gasteiger partial charge < -0.3 is 4.90 Å². The molecule has 0 spiro atoms. The van der Waals surface area contributed by atoms with Crippen LogP contribution < -0.4 is 0 Å². The van der Waals surface area contributed by atoms with Gasteiger partial charge in [0.1, 0.15) is 11.9 Å². The molecule has 18 heavy (non-hydrogen) atoms. The Labute approximate surface area is 106 Å². The Morgan fingerprint density at radius 3 is 2.94 bits per heavy atom. The van der Waals surface area contributed by atoms with Crippen LogP contribution in [0.25, 0.3) is 0 Å². The molecule has 4 heteroatoms. The molecule has 0 aliphatic carbocycles. The standard InChI is InChI=1S/C14H15FN2O/c1-10-8-11(5-6-13(10)15)14(18)17-7-3-2-4-12(17)9-16/h5-6,8,12H,2-4,7H2,1H3. The van der Waals surface area contributed by atoms with E-state index < -0.39 is 0 Å². The van der Waals surface area contributed by atoms with E-state index in [2.05, 4.69) is 6.07 Å². The van der Waals surface area contributed by atoms with Crippen LogP contribution in [0.1, 0.15) is 35.2 Å². The number of hydrogen-bond donors (Lipinski definition) is 0. The summed E-state index contributed by atoms with van der Waals surface area (Å²) >= 11 is 0. The van der Waals surface area contributed by atoms with Gasteiger partial charge in [0.05, 0.1) is 6.07 Å². The Balaban J connectivity index is 2.24. The van der Waals surface area contributed by atoms with Crippen LogP contribution in [0.5, 0.6) is 0 Å². The molecular formula is C14H15FN2O. The lowest BCUT2D eigenvalue weighted by atomic mass is 10.0. The van der Waals surface area contributed by atoms with Crippen molar-refractivity contribution in [2.24, 2.45) is 0 Å². The number of aryl methyl sites for hydroxylation is 1. The first-order valence-corrected chi connectivity index (χ1v) is 6.10. The number of carbonyl (C=O) groups is 1. The zero-order valence-electron chi connectivity index (χ0n) is 10.3. The summed E-state index contributed by atoms with van der Waals surface area (Å²) in [6, 6.07) is 6.13. The van der Waals surface area contributed by atoms with Crippen molar-refractivity contribution in [1.29, 1.82) is 5.26 Å². The molecule has 1 unspecified atom stereocenters. The molecule has 1 aliphatic heterocycles. The number of halogens is 1. The molecule has 0 N–H and O–H groups in total. The van der Waals surface area contributed by atoms with Crippen molar-refractivity contribution < 1.29 is 9.18 Å². The molecule has 1 fully saturated rings. The van der Waals surface area contributed by atoms with E-state index in [-0.39, 0.29) is 17.8 Å². The van der Waals surface area contributed by atoms with Crippen molar-refractivity contribution in [3.63, 3.8) is 0 Å². The van der Waals surface area contributed by atoms with Gasteiger partial charge in [-0.3, -0.25) is 4.79 Å². The van der Waals surface area contributed by atoms with E-state index in [1.165, 1.54) is 12.1 Å². The summed E-state index contributed by atoms with van der Waals surface area (Å²) in [6.07, 6.45) is 2.62. The second-order valence-electron chi connectivity index (χ2n) is 4.60. The van der Waals surface area contributed by atoms with Crippen LogP contribution in [0, 0.1) is 24.1 Å². The maximum absolute atomic E-state index is 13.2. The highest BCUT2D eigenvalue weighted by Gasteiger charge is 2.27. The van der Waals surface area contributed by atoms with Crippen LogP contribution in [0.2, 0.25) is 0 Å². The van der Waals surface area contributed by atoms with Gasteiger partial charge in [-0.05, 0) is 49.9 Å². The van der Waals surface area contributed by atoms with Crippen LogP contribution in [0.4, 0.5) is 4.39 Å². The molecule has 1 heterocycles. The zero-order valence-corrected chi connectivity index (χ0v) is 10.3.